The van der Waals surface area contributed by atoms with Crippen LogP contribution >= 0.6 is 27.5 Å². The largest absolute Gasteiger partial charge is 0.492 e. The Kier molecular flexibility index (Phi) is 4.85. The molecule has 0 amide bonds. The molecule has 1 heterocycles. The number of benzene rings is 1. The lowest BCUT2D eigenvalue weighted by Crippen LogP contribution is -2.26. The molecule has 0 bridgehead atoms. The number of ether oxygens (including phenoxy) is 1. The van der Waals surface area contributed by atoms with Gasteiger partial charge in [0, 0.05) is 12.1 Å². The van der Waals surface area contributed by atoms with Crippen molar-refractivity contribution in [2.45, 2.75) is 6.04 Å². The van der Waals surface area contributed by atoms with Gasteiger partial charge in [0.15, 0.2) is 0 Å². The summed E-state index contributed by atoms with van der Waals surface area (Å²) >= 11 is 9.34. The standard InChI is InChI=1S/C13H15BrClN3O/c1-16-12(13-11(14)7-17-18(13)2)8-19-10-5-3-9(15)4-6-10/h3-7,12,16H,8H2,1-2H3. The van der Waals surface area contributed by atoms with Gasteiger partial charge in [-0.2, -0.15) is 5.10 Å². The van der Waals surface area contributed by atoms with E-state index in [1.165, 1.54) is 0 Å². The predicted molar refractivity (Wildman–Crippen MR) is 79.7 cm³/mol. The van der Waals surface area contributed by atoms with E-state index in [9.17, 15) is 0 Å². The molecule has 0 radical (unpaired) electrons. The van der Waals surface area contributed by atoms with Gasteiger partial charge in [-0.15, -0.1) is 0 Å². The fourth-order valence-electron chi connectivity index (χ4n) is 1.82. The van der Waals surface area contributed by atoms with Crippen molar-refractivity contribution in [2.24, 2.45) is 7.05 Å². The molecule has 1 N–H and O–H groups in total. The van der Waals surface area contributed by atoms with Gasteiger partial charge in [-0.3, -0.25) is 4.68 Å². The molecule has 102 valence electrons. The quantitative estimate of drug-likeness (QED) is 0.905. The van der Waals surface area contributed by atoms with Gasteiger partial charge in [0.2, 0.25) is 0 Å². The van der Waals surface area contributed by atoms with E-state index in [1.54, 1.807) is 6.20 Å². The van der Waals surface area contributed by atoms with E-state index >= 15 is 0 Å². The van der Waals surface area contributed by atoms with Crippen molar-refractivity contribution in [1.29, 1.82) is 0 Å². The highest BCUT2D eigenvalue weighted by atomic mass is 79.9. The van der Waals surface area contributed by atoms with E-state index in [2.05, 4.69) is 26.3 Å². The van der Waals surface area contributed by atoms with Crippen molar-refractivity contribution in [1.82, 2.24) is 15.1 Å². The van der Waals surface area contributed by atoms with Crippen LogP contribution in [0.25, 0.3) is 0 Å². The van der Waals surface area contributed by atoms with Crippen LogP contribution < -0.4 is 10.1 Å². The van der Waals surface area contributed by atoms with Crippen LogP contribution in [0.5, 0.6) is 5.75 Å². The highest BCUT2D eigenvalue weighted by Crippen LogP contribution is 2.24. The molecule has 4 nitrogen and oxygen atoms in total. The number of hydrogen-bond acceptors (Lipinski definition) is 3. The first-order valence-electron chi connectivity index (χ1n) is 5.85. The summed E-state index contributed by atoms with van der Waals surface area (Å²) in [5.74, 6) is 0.794. The maximum Gasteiger partial charge on any atom is 0.119 e. The van der Waals surface area contributed by atoms with Crippen molar-refractivity contribution >= 4 is 27.5 Å². The molecule has 0 saturated carbocycles. The Bertz CT molecular complexity index is 522. The number of halogens is 2. The normalized spacial score (nSPS) is 12.4. The molecule has 0 saturated heterocycles. The van der Waals surface area contributed by atoms with Gasteiger partial charge in [0.1, 0.15) is 12.4 Å². The predicted octanol–water partition coefficient (Wildman–Crippen LogP) is 3.18. The summed E-state index contributed by atoms with van der Waals surface area (Å²) < 4.78 is 8.56. The number of nitrogens with zero attached hydrogens (tertiary/aromatic N) is 2. The highest BCUT2D eigenvalue weighted by Gasteiger charge is 2.17. The number of likely N-dealkylation sites (N-methyl/N-ethyl adjacent to an activating group) is 1. The van der Waals surface area contributed by atoms with Gasteiger partial charge in [-0.25, -0.2) is 0 Å². The topological polar surface area (TPSA) is 39.1 Å². The summed E-state index contributed by atoms with van der Waals surface area (Å²) in [6.45, 7) is 0.510. The molecule has 0 aliphatic rings. The van der Waals surface area contributed by atoms with Crippen LogP contribution in [0.15, 0.2) is 34.9 Å². The maximum atomic E-state index is 5.84. The molecule has 0 aliphatic heterocycles. The number of rotatable bonds is 5. The number of aryl methyl sites for hydroxylation is 1. The molecule has 0 spiro atoms. The summed E-state index contributed by atoms with van der Waals surface area (Å²) in [6, 6.07) is 7.38. The van der Waals surface area contributed by atoms with Gasteiger partial charge in [-0.1, -0.05) is 11.6 Å². The lowest BCUT2D eigenvalue weighted by molar-refractivity contribution is 0.266. The molecule has 1 unspecified atom stereocenters. The Morgan fingerprint density at radius 2 is 2.11 bits per heavy atom. The molecule has 6 heteroatoms. The van der Waals surface area contributed by atoms with E-state index in [1.807, 2.05) is 43.0 Å². The second-order valence-corrected chi connectivity index (χ2v) is 5.40. The van der Waals surface area contributed by atoms with Crippen LogP contribution in [0.1, 0.15) is 11.7 Å². The fourth-order valence-corrected chi connectivity index (χ4v) is 2.57. The molecule has 2 aromatic rings. The maximum absolute atomic E-state index is 5.84. The monoisotopic (exact) mass is 343 g/mol. The lowest BCUT2D eigenvalue weighted by atomic mass is 10.2. The van der Waals surface area contributed by atoms with Gasteiger partial charge in [-0.05, 0) is 47.2 Å². The number of aromatic nitrogens is 2. The van der Waals surface area contributed by atoms with Gasteiger partial charge >= 0.3 is 0 Å². The third-order valence-electron chi connectivity index (χ3n) is 2.85. The summed E-state index contributed by atoms with van der Waals surface area (Å²) in [6.07, 6.45) is 1.78. The van der Waals surface area contributed by atoms with Crippen LogP contribution in [0.3, 0.4) is 0 Å². The summed E-state index contributed by atoms with van der Waals surface area (Å²) in [4.78, 5) is 0. The zero-order chi connectivity index (χ0) is 13.8. The van der Waals surface area contributed by atoms with Crippen LogP contribution in [0.4, 0.5) is 0 Å². The van der Waals surface area contributed by atoms with Crippen molar-refractivity contribution in [3.05, 3.63) is 45.7 Å². The van der Waals surface area contributed by atoms with Gasteiger partial charge < -0.3 is 10.1 Å². The van der Waals surface area contributed by atoms with E-state index < -0.39 is 0 Å². The Morgan fingerprint density at radius 3 is 2.63 bits per heavy atom. The highest BCUT2D eigenvalue weighted by molar-refractivity contribution is 9.10. The second-order valence-electron chi connectivity index (χ2n) is 4.11. The average molecular weight is 345 g/mol. The van der Waals surface area contributed by atoms with E-state index in [0.29, 0.717) is 11.6 Å². The zero-order valence-corrected chi connectivity index (χ0v) is 13.1. The van der Waals surface area contributed by atoms with Crippen molar-refractivity contribution in [2.75, 3.05) is 13.7 Å². The first-order valence-corrected chi connectivity index (χ1v) is 7.02. The molecule has 1 aromatic heterocycles. The number of nitrogens with one attached hydrogen (secondary N) is 1. The molecular weight excluding hydrogens is 330 g/mol. The molecule has 0 aliphatic carbocycles. The molecule has 1 aromatic carbocycles. The first-order chi connectivity index (χ1) is 9.11. The van der Waals surface area contributed by atoms with Crippen LogP contribution in [0.2, 0.25) is 5.02 Å². The van der Waals surface area contributed by atoms with Crippen LogP contribution in [-0.4, -0.2) is 23.4 Å². The minimum Gasteiger partial charge on any atom is -0.492 e. The summed E-state index contributed by atoms with van der Waals surface area (Å²) in [7, 11) is 3.81. The second kappa shape index (κ2) is 6.41. The third kappa shape index (κ3) is 3.49. The van der Waals surface area contributed by atoms with Crippen molar-refractivity contribution in [3.63, 3.8) is 0 Å². The first kappa shape index (κ1) is 14.4. The molecule has 0 fully saturated rings. The molecule has 1 atom stereocenters. The molecular formula is C13H15BrClN3O. The van der Waals surface area contributed by atoms with Gasteiger partial charge in [0.05, 0.1) is 22.4 Å². The smallest absolute Gasteiger partial charge is 0.119 e. The Hall–Kier alpha value is -1.04. The minimum atomic E-state index is 0.0533. The van der Waals surface area contributed by atoms with E-state index in [4.69, 9.17) is 16.3 Å². The summed E-state index contributed by atoms with van der Waals surface area (Å²) in [5.41, 5.74) is 1.05. The summed E-state index contributed by atoms with van der Waals surface area (Å²) in [5, 5.41) is 8.14. The Morgan fingerprint density at radius 1 is 1.42 bits per heavy atom. The average Bonchev–Trinajstić information content (AvgIpc) is 2.73. The van der Waals surface area contributed by atoms with E-state index in [-0.39, 0.29) is 6.04 Å². The third-order valence-corrected chi connectivity index (χ3v) is 3.71. The number of hydrogen-bond donors (Lipinski definition) is 1. The zero-order valence-electron chi connectivity index (χ0n) is 10.7. The lowest BCUT2D eigenvalue weighted by Gasteiger charge is -2.18. The van der Waals surface area contributed by atoms with Crippen molar-refractivity contribution < 1.29 is 4.74 Å². The molecule has 2 rings (SSSR count). The molecule has 19 heavy (non-hydrogen) atoms. The van der Waals surface area contributed by atoms with Crippen molar-refractivity contribution in [3.8, 4) is 5.75 Å². The van der Waals surface area contributed by atoms with E-state index in [0.717, 1.165) is 15.9 Å². The van der Waals surface area contributed by atoms with Gasteiger partial charge in [0.25, 0.3) is 0 Å². The fraction of sp³-hybridized carbons (Fsp3) is 0.308. The Labute approximate surface area is 125 Å². The van der Waals surface area contributed by atoms with Crippen LogP contribution in [-0.2, 0) is 7.05 Å². The minimum absolute atomic E-state index is 0.0533. The Balaban J connectivity index is 2.06. The SMILES string of the molecule is CNC(COc1ccc(Cl)cc1)c1c(Br)cnn1C. The van der Waals surface area contributed by atoms with Crippen LogP contribution in [0, 0.1) is 0 Å².